The SMILES string of the molecule is CC(=O)Nc1cc(NC(=O)c2sc(-c3ccccc3)nc2-c2ccccc2)ccc1F. The van der Waals surface area contributed by atoms with Gasteiger partial charge in [0.05, 0.1) is 11.4 Å². The first kappa shape index (κ1) is 20.4. The molecule has 2 amide bonds. The summed E-state index contributed by atoms with van der Waals surface area (Å²) in [4.78, 5) is 29.6. The molecule has 1 aromatic heterocycles. The molecule has 0 aliphatic rings. The Kier molecular flexibility index (Phi) is 5.86. The van der Waals surface area contributed by atoms with Gasteiger partial charge < -0.3 is 10.6 Å². The van der Waals surface area contributed by atoms with E-state index in [0.29, 0.717) is 16.3 Å². The third-order valence-electron chi connectivity index (χ3n) is 4.44. The maximum Gasteiger partial charge on any atom is 0.268 e. The van der Waals surface area contributed by atoms with E-state index >= 15 is 0 Å². The number of hydrogen-bond donors (Lipinski definition) is 2. The zero-order chi connectivity index (χ0) is 21.8. The van der Waals surface area contributed by atoms with Crippen LogP contribution in [0.1, 0.15) is 16.6 Å². The van der Waals surface area contributed by atoms with E-state index in [0.717, 1.165) is 16.1 Å². The van der Waals surface area contributed by atoms with Crippen molar-refractivity contribution in [1.29, 1.82) is 0 Å². The standard InChI is InChI=1S/C24H18FN3O2S/c1-15(29)26-20-14-18(12-13-19(20)25)27-23(30)22-21(16-8-4-2-5-9-16)28-24(31-22)17-10-6-3-7-11-17/h2-14H,1H3,(H,26,29)(H,27,30). The minimum absolute atomic E-state index is 0.00265. The normalized spacial score (nSPS) is 10.5. The first-order valence-corrected chi connectivity index (χ1v) is 10.3. The smallest absolute Gasteiger partial charge is 0.268 e. The zero-order valence-corrected chi connectivity index (χ0v) is 17.4. The molecule has 0 aliphatic carbocycles. The topological polar surface area (TPSA) is 71.1 Å². The molecule has 1 heterocycles. The van der Waals surface area contributed by atoms with Crippen molar-refractivity contribution in [2.45, 2.75) is 6.92 Å². The van der Waals surface area contributed by atoms with E-state index in [9.17, 15) is 14.0 Å². The highest BCUT2D eigenvalue weighted by Gasteiger charge is 2.21. The number of halogens is 1. The number of thiazole rings is 1. The minimum Gasteiger partial charge on any atom is -0.324 e. The summed E-state index contributed by atoms with van der Waals surface area (Å²) in [6.45, 7) is 1.29. The van der Waals surface area contributed by atoms with E-state index in [1.54, 1.807) is 0 Å². The molecule has 5 nitrogen and oxygen atoms in total. The number of aromatic nitrogens is 1. The van der Waals surface area contributed by atoms with Gasteiger partial charge in [-0.15, -0.1) is 11.3 Å². The summed E-state index contributed by atoms with van der Waals surface area (Å²) in [7, 11) is 0. The molecule has 31 heavy (non-hydrogen) atoms. The maximum absolute atomic E-state index is 13.9. The molecule has 0 bridgehead atoms. The Bertz CT molecular complexity index is 1240. The number of nitrogens with one attached hydrogen (secondary N) is 2. The van der Waals surface area contributed by atoms with Crippen molar-refractivity contribution in [1.82, 2.24) is 4.98 Å². The van der Waals surface area contributed by atoms with Gasteiger partial charge in [-0.1, -0.05) is 60.7 Å². The molecule has 2 N–H and O–H groups in total. The lowest BCUT2D eigenvalue weighted by Gasteiger charge is -2.09. The van der Waals surface area contributed by atoms with Crippen molar-refractivity contribution in [3.05, 3.63) is 89.6 Å². The molecule has 0 fully saturated rings. The lowest BCUT2D eigenvalue weighted by Crippen LogP contribution is -2.13. The average molecular weight is 431 g/mol. The van der Waals surface area contributed by atoms with Gasteiger partial charge in [0.25, 0.3) is 5.91 Å². The van der Waals surface area contributed by atoms with Crippen LogP contribution in [0.4, 0.5) is 15.8 Å². The third-order valence-corrected chi connectivity index (χ3v) is 5.54. The number of benzene rings is 3. The molecule has 3 aromatic carbocycles. The first-order valence-electron chi connectivity index (χ1n) is 9.51. The van der Waals surface area contributed by atoms with Crippen LogP contribution in [0.15, 0.2) is 78.9 Å². The molecule has 4 rings (SSSR count). The Hall–Kier alpha value is -3.84. The summed E-state index contributed by atoms with van der Waals surface area (Å²) in [5, 5.41) is 5.93. The van der Waals surface area contributed by atoms with Gasteiger partial charge >= 0.3 is 0 Å². The molecule has 4 aromatic rings. The molecular weight excluding hydrogens is 413 g/mol. The Balaban J connectivity index is 1.70. The quantitative estimate of drug-likeness (QED) is 0.418. The largest absolute Gasteiger partial charge is 0.324 e. The number of carbonyl (C=O) groups is 2. The lowest BCUT2D eigenvalue weighted by atomic mass is 10.1. The number of rotatable bonds is 5. The van der Waals surface area contributed by atoms with Gasteiger partial charge in [0.1, 0.15) is 15.7 Å². The van der Waals surface area contributed by atoms with Crippen LogP contribution in [-0.4, -0.2) is 16.8 Å². The molecule has 0 unspecified atom stereocenters. The monoisotopic (exact) mass is 431 g/mol. The number of amides is 2. The summed E-state index contributed by atoms with van der Waals surface area (Å²) >= 11 is 1.29. The summed E-state index contributed by atoms with van der Waals surface area (Å²) in [5.41, 5.74) is 2.68. The van der Waals surface area contributed by atoms with E-state index < -0.39 is 11.7 Å². The number of anilines is 2. The second-order valence-electron chi connectivity index (χ2n) is 6.76. The van der Waals surface area contributed by atoms with Crippen molar-refractivity contribution < 1.29 is 14.0 Å². The van der Waals surface area contributed by atoms with Gasteiger partial charge in [0, 0.05) is 23.7 Å². The van der Waals surface area contributed by atoms with E-state index in [2.05, 4.69) is 10.6 Å². The highest BCUT2D eigenvalue weighted by Crippen LogP contribution is 2.34. The van der Waals surface area contributed by atoms with Crippen molar-refractivity contribution >= 4 is 34.5 Å². The van der Waals surface area contributed by atoms with Crippen LogP contribution < -0.4 is 10.6 Å². The van der Waals surface area contributed by atoms with Crippen LogP contribution in [0.3, 0.4) is 0 Å². The van der Waals surface area contributed by atoms with Gasteiger partial charge in [-0.05, 0) is 18.2 Å². The fourth-order valence-corrected chi connectivity index (χ4v) is 4.03. The van der Waals surface area contributed by atoms with Crippen molar-refractivity contribution in [3.63, 3.8) is 0 Å². The molecule has 0 atom stereocenters. The van der Waals surface area contributed by atoms with Crippen LogP contribution in [0.25, 0.3) is 21.8 Å². The van der Waals surface area contributed by atoms with E-state index in [1.165, 1.54) is 36.5 Å². The second-order valence-corrected chi connectivity index (χ2v) is 7.76. The van der Waals surface area contributed by atoms with Gasteiger partial charge in [-0.2, -0.15) is 0 Å². The highest BCUT2D eigenvalue weighted by molar-refractivity contribution is 7.17. The number of carbonyl (C=O) groups excluding carboxylic acids is 2. The molecule has 0 spiro atoms. The summed E-state index contributed by atoms with van der Waals surface area (Å²) < 4.78 is 13.9. The van der Waals surface area contributed by atoms with Crippen molar-refractivity contribution in [2.24, 2.45) is 0 Å². The summed E-state index contributed by atoms with van der Waals surface area (Å²) in [6, 6.07) is 23.1. The summed E-state index contributed by atoms with van der Waals surface area (Å²) in [6.07, 6.45) is 0. The van der Waals surface area contributed by atoms with Crippen LogP contribution in [-0.2, 0) is 4.79 Å². The molecule has 0 saturated carbocycles. The Morgan fingerprint density at radius 1 is 0.871 bits per heavy atom. The van der Waals surface area contributed by atoms with Crippen molar-refractivity contribution in [3.8, 4) is 21.8 Å². The van der Waals surface area contributed by atoms with Crippen molar-refractivity contribution in [2.75, 3.05) is 10.6 Å². The van der Waals surface area contributed by atoms with E-state index in [4.69, 9.17) is 4.98 Å². The fourth-order valence-electron chi connectivity index (χ4n) is 3.05. The van der Waals surface area contributed by atoms with E-state index in [-0.39, 0.29) is 11.6 Å². The average Bonchev–Trinajstić information content (AvgIpc) is 3.23. The highest BCUT2D eigenvalue weighted by atomic mass is 32.1. The minimum atomic E-state index is -0.581. The van der Waals surface area contributed by atoms with Gasteiger partial charge in [-0.25, -0.2) is 9.37 Å². The Labute approximate surface area is 182 Å². The third kappa shape index (κ3) is 4.67. The van der Waals surface area contributed by atoms with Crippen LogP contribution in [0.2, 0.25) is 0 Å². The molecular formula is C24H18FN3O2S. The number of hydrogen-bond acceptors (Lipinski definition) is 4. The van der Waals surface area contributed by atoms with Gasteiger partial charge in [-0.3, -0.25) is 9.59 Å². The van der Waals surface area contributed by atoms with Gasteiger partial charge in [0.2, 0.25) is 5.91 Å². The molecule has 7 heteroatoms. The number of nitrogens with zero attached hydrogens (tertiary/aromatic N) is 1. The molecule has 154 valence electrons. The van der Waals surface area contributed by atoms with Crippen LogP contribution in [0.5, 0.6) is 0 Å². The maximum atomic E-state index is 13.9. The van der Waals surface area contributed by atoms with E-state index in [1.807, 2.05) is 60.7 Å². The Morgan fingerprint density at radius 3 is 2.16 bits per heavy atom. The Morgan fingerprint density at radius 2 is 1.52 bits per heavy atom. The predicted octanol–water partition coefficient (Wildman–Crippen LogP) is 5.83. The van der Waals surface area contributed by atoms with Crippen LogP contribution >= 0.6 is 11.3 Å². The second kappa shape index (κ2) is 8.89. The predicted molar refractivity (Wildman–Crippen MR) is 122 cm³/mol. The zero-order valence-electron chi connectivity index (χ0n) is 16.6. The first-order chi connectivity index (χ1) is 15.0. The fraction of sp³-hybridized carbons (Fsp3) is 0.0417. The summed E-state index contributed by atoms with van der Waals surface area (Å²) in [5.74, 6) is -1.34. The molecule has 0 radical (unpaired) electrons. The molecule has 0 aliphatic heterocycles. The van der Waals surface area contributed by atoms with Crippen LogP contribution in [0, 0.1) is 5.82 Å². The van der Waals surface area contributed by atoms with Gasteiger partial charge in [0.15, 0.2) is 0 Å². The molecule has 0 saturated heterocycles. The lowest BCUT2D eigenvalue weighted by molar-refractivity contribution is -0.114.